The molecule has 2 saturated heterocycles. The Hall–Kier alpha value is -1.42. The van der Waals surface area contributed by atoms with E-state index in [1.807, 2.05) is 4.90 Å². The molecule has 2 heterocycles. The number of benzene rings is 1. The van der Waals surface area contributed by atoms with E-state index < -0.39 is 0 Å². The average Bonchev–Trinajstić information content (AvgIpc) is 2.47. The zero-order valence-electron chi connectivity index (χ0n) is 12.6. The lowest BCUT2D eigenvalue weighted by molar-refractivity contribution is 0.0433. The van der Waals surface area contributed by atoms with E-state index in [1.54, 1.807) is 13.0 Å². The molecule has 1 aromatic carbocycles. The smallest absolute Gasteiger partial charge is 0.254 e. The molecule has 1 unspecified atom stereocenters. The third-order valence-corrected chi connectivity index (χ3v) is 4.93. The summed E-state index contributed by atoms with van der Waals surface area (Å²) in [5, 5.41) is 3.48. The van der Waals surface area contributed by atoms with Gasteiger partial charge in [-0.1, -0.05) is 0 Å². The van der Waals surface area contributed by atoms with Gasteiger partial charge < -0.3 is 10.2 Å². The van der Waals surface area contributed by atoms with Crippen LogP contribution in [0.15, 0.2) is 18.2 Å². The van der Waals surface area contributed by atoms with Crippen LogP contribution in [0.5, 0.6) is 0 Å². The molecule has 1 atom stereocenters. The van der Waals surface area contributed by atoms with Gasteiger partial charge in [-0.3, -0.25) is 4.79 Å². The maximum atomic E-state index is 13.2. The second-order valence-corrected chi connectivity index (χ2v) is 6.57. The molecular weight excluding hydrogens is 267 g/mol. The Morgan fingerprint density at radius 3 is 2.86 bits per heavy atom. The van der Waals surface area contributed by atoms with Crippen molar-refractivity contribution >= 4 is 5.91 Å². The zero-order valence-corrected chi connectivity index (χ0v) is 12.6. The Kier molecular flexibility index (Phi) is 3.98. The topological polar surface area (TPSA) is 32.3 Å². The number of carbonyl (C=O) groups excluding carboxylic acids is 1. The SMILES string of the molecule is Cc1cc(F)ccc1C(=O)N1CCCC2(CCCNC2)C1. The number of carbonyl (C=O) groups is 1. The molecule has 2 aliphatic heterocycles. The Bertz CT molecular complexity index is 532. The van der Waals surface area contributed by atoms with Gasteiger partial charge in [-0.05, 0) is 62.9 Å². The highest BCUT2D eigenvalue weighted by Crippen LogP contribution is 2.36. The molecular formula is C17H23FN2O. The molecule has 3 nitrogen and oxygen atoms in total. The minimum absolute atomic E-state index is 0.0529. The lowest BCUT2D eigenvalue weighted by atomic mass is 9.74. The first-order valence-corrected chi connectivity index (χ1v) is 7.86. The summed E-state index contributed by atoms with van der Waals surface area (Å²) in [4.78, 5) is 14.7. The number of nitrogens with zero attached hydrogens (tertiary/aromatic N) is 1. The number of likely N-dealkylation sites (tertiary alicyclic amines) is 1. The second kappa shape index (κ2) is 5.76. The molecule has 1 aromatic rings. The minimum Gasteiger partial charge on any atom is -0.338 e. The average molecular weight is 290 g/mol. The fourth-order valence-corrected chi connectivity index (χ4v) is 3.80. The summed E-state index contributed by atoms with van der Waals surface area (Å²) in [6, 6.07) is 4.44. The van der Waals surface area contributed by atoms with Crippen molar-refractivity contribution in [2.45, 2.75) is 32.6 Å². The first kappa shape index (κ1) is 14.5. The maximum absolute atomic E-state index is 13.2. The quantitative estimate of drug-likeness (QED) is 0.862. The molecule has 4 heteroatoms. The van der Waals surface area contributed by atoms with Crippen LogP contribution in [0.2, 0.25) is 0 Å². The van der Waals surface area contributed by atoms with Crippen LogP contribution < -0.4 is 5.32 Å². The minimum atomic E-state index is -0.282. The van der Waals surface area contributed by atoms with E-state index in [0.29, 0.717) is 5.56 Å². The molecule has 0 radical (unpaired) electrons. The van der Waals surface area contributed by atoms with Crippen LogP contribution in [0.4, 0.5) is 4.39 Å². The van der Waals surface area contributed by atoms with Gasteiger partial charge >= 0.3 is 0 Å². The largest absolute Gasteiger partial charge is 0.338 e. The van der Waals surface area contributed by atoms with Crippen molar-refractivity contribution in [3.8, 4) is 0 Å². The van der Waals surface area contributed by atoms with E-state index in [-0.39, 0.29) is 17.1 Å². The van der Waals surface area contributed by atoms with E-state index in [9.17, 15) is 9.18 Å². The van der Waals surface area contributed by atoms with Crippen LogP contribution >= 0.6 is 0 Å². The monoisotopic (exact) mass is 290 g/mol. The van der Waals surface area contributed by atoms with Gasteiger partial charge in [0, 0.05) is 30.6 Å². The fourth-order valence-electron chi connectivity index (χ4n) is 3.80. The van der Waals surface area contributed by atoms with Gasteiger partial charge in [-0.25, -0.2) is 4.39 Å². The van der Waals surface area contributed by atoms with Crippen molar-refractivity contribution in [1.29, 1.82) is 0 Å². The van der Waals surface area contributed by atoms with Crippen molar-refractivity contribution in [2.75, 3.05) is 26.2 Å². The number of halogens is 1. The molecule has 0 saturated carbocycles. The zero-order chi connectivity index (χ0) is 14.9. The van der Waals surface area contributed by atoms with Crippen LogP contribution in [0.25, 0.3) is 0 Å². The highest BCUT2D eigenvalue weighted by atomic mass is 19.1. The van der Waals surface area contributed by atoms with Crippen molar-refractivity contribution in [1.82, 2.24) is 10.2 Å². The number of amides is 1. The lowest BCUT2D eigenvalue weighted by Gasteiger charge is -2.45. The fraction of sp³-hybridized carbons (Fsp3) is 0.588. The van der Waals surface area contributed by atoms with E-state index in [4.69, 9.17) is 0 Å². The number of hydrogen-bond acceptors (Lipinski definition) is 2. The number of nitrogens with one attached hydrogen (secondary N) is 1. The second-order valence-electron chi connectivity index (χ2n) is 6.57. The summed E-state index contributed by atoms with van der Waals surface area (Å²) in [6.07, 6.45) is 4.66. The van der Waals surface area contributed by atoms with Crippen molar-refractivity contribution in [3.05, 3.63) is 35.1 Å². The Morgan fingerprint density at radius 2 is 2.14 bits per heavy atom. The molecule has 1 amide bonds. The number of rotatable bonds is 1. The first-order chi connectivity index (χ1) is 10.1. The molecule has 0 aliphatic carbocycles. The molecule has 1 spiro atoms. The van der Waals surface area contributed by atoms with Gasteiger partial charge in [0.15, 0.2) is 0 Å². The summed E-state index contributed by atoms with van der Waals surface area (Å²) in [5.74, 6) is -0.229. The molecule has 2 fully saturated rings. The molecule has 0 aromatic heterocycles. The van der Waals surface area contributed by atoms with Crippen LogP contribution in [0.3, 0.4) is 0 Å². The Labute approximate surface area is 125 Å². The third kappa shape index (κ3) is 2.95. The predicted molar refractivity (Wildman–Crippen MR) is 80.8 cm³/mol. The molecule has 3 rings (SSSR count). The van der Waals surface area contributed by atoms with E-state index in [1.165, 1.54) is 31.4 Å². The summed E-state index contributed by atoms with van der Waals surface area (Å²) < 4.78 is 13.2. The standard InChI is InChI=1S/C17H23FN2O/c1-13-10-14(18)4-5-15(13)16(21)20-9-3-7-17(12-20)6-2-8-19-11-17/h4-5,10,19H,2-3,6-9,11-12H2,1H3. The normalized spacial score (nSPS) is 26.1. The highest BCUT2D eigenvalue weighted by Gasteiger charge is 2.38. The number of hydrogen-bond donors (Lipinski definition) is 1. The van der Waals surface area contributed by atoms with Crippen molar-refractivity contribution < 1.29 is 9.18 Å². The summed E-state index contributed by atoms with van der Waals surface area (Å²) >= 11 is 0. The van der Waals surface area contributed by atoms with Gasteiger partial charge in [0.25, 0.3) is 5.91 Å². The van der Waals surface area contributed by atoms with Crippen LogP contribution in [0.1, 0.15) is 41.6 Å². The molecule has 2 aliphatic rings. The van der Waals surface area contributed by atoms with Crippen LogP contribution in [0, 0.1) is 18.2 Å². The molecule has 1 N–H and O–H groups in total. The van der Waals surface area contributed by atoms with Crippen molar-refractivity contribution in [2.24, 2.45) is 5.41 Å². The Morgan fingerprint density at radius 1 is 1.33 bits per heavy atom. The molecule has 21 heavy (non-hydrogen) atoms. The van der Waals surface area contributed by atoms with Gasteiger partial charge in [0.1, 0.15) is 5.82 Å². The molecule has 0 bridgehead atoms. The maximum Gasteiger partial charge on any atom is 0.254 e. The van der Waals surface area contributed by atoms with Gasteiger partial charge in [-0.2, -0.15) is 0 Å². The Balaban J connectivity index is 1.77. The van der Waals surface area contributed by atoms with E-state index >= 15 is 0 Å². The summed E-state index contributed by atoms with van der Waals surface area (Å²) in [7, 11) is 0. The predicted octanol–water partition coefficient (Wildman–Crippen LogP) is 2.74. The van der Waals surface area contributed by atoms with Gasteiger partial charge in [-0.15, -0.1) is 0 Å². The van der Waals surface area contributed by atoms with E-state index in [2.05, 4.69) is 5.32 Å². The summed E-state index contributed by atoms with van der Waals surface area (Å²) in [5.41, 5.74) is 1.61. The number of piperidine rings is 2. The van der Waals surface area contributed by atoms with Gasteiger partial charge in [0.2, 0.25) is 0 Å². The van der Waals surface area contributed by atoms with Crippen molar-refractivity contribution in [3.63, 3.8) is 0 Å². The van der Waals surface area contributed by atoms with Crippen LogP contribution in [-0.4, -0.2) is 37.0 Å². The first-order valence-electron chi connectivity index (χ1n) is 7.86. The van der Waals surface area contributed by atoms with Gasteiger partial charge in [0.05, 0.1) is 0 Å². The molecule has 114 valence electrons. The highest BCUT2D eigenvalue weighted by molar-refractivity contribution is 5.95. The summed E-state index contributed by atoms with van der Waals surface area (Å²) in [6.45, 7) is 5.55. The van der Waals surface area contributed by atoms with E-state index in [0.717, 1.165) is 38.2 Å². The number of aryl methyl sites for hydroxylation is 1. The lowest BCUT2D eigenvalue weighted by Crippen LogP contribution is -2.52. The third-order valence-electron chi connectivity index (χ3n) is 4.93. The van der Waals surface area contributed by atoms with Crippen LogP contribution in [-0.2, 0) is 0 Å².